The van der Waals surface area contributed by atoms with Crippen molar-refractivity contribution in [2.24, 2.45) is 0 Å². The topological polar surface area (TPSA) is 70.7 Å². The number of rotatable bonds is 8. The summed E-state index contributed by atoms with van der Waals surface area (Å²) in [4.78, 5) is 26.8. The van der Waals surface area contributed by atoms with Crippen LogP contribution in [0.1, 0.15) is 48.1 Å². The van der Waals surface area contributed by atoms with Gasteiger partial charge in [0.05, 0.1) is 13.2 Å². The minimum atomic E-state index is -0.156. The molecule has 6 heteroatoms. The molecule has 1 unspecified atom stereocenters. The zero-order valence-corrected chi connectivity index (χ0v) is 17.1. The standard InChI is InChI=1S/C23H29N3O3/c1-3-22(27)25-18-10-8-9-17(15-18)23(28)24-16-20(26-13-6-7-14-26)19-11-4-5-12-21(19)29-2/h4-5,8-12,15,20H,3,6-7,13-14,16H2,1-2H3,(H,24,28)(H,25,27). The second kappa shape index (κ2) is 10.1. The number of carbonyl (C=O) groups is 2. The van der Waals surface area contributed by atoms with E-state index >= 15 is 0 Å². The number of hydrogen-bond donors (Lipinski definition) is 2. The number of anilines is 1. The van der Waals surface area contributed by atoms with Crippen LogP contribution in [-0.2, 0) is 4.79 Å². The van der Waals surface area contributed by atoms with Crippen molar-refractivity contribution in [2.45, 2.75) is 32.2 Å². The van der Waals surface area contributed by atoms with Crippen LogP contribution in [0, 0.1) is 0 Å². The number of amides is 2. The van der Waals surface area contributed by atoms with E-state index in [1.165, 1.54) is 12.8 Å². The Morgan fingerprint density at radius 3 is 2.59 bits per heavy atom. The molecule has 2 amide bonds. The van der Waals surface area contributed by atoms with Crippen LogP contribution in [0.4, 0.5) is 5.69 Å². The van der Waals surface area contributed by atoms with E-state index in [0.717, 1.165) is 24.4 Å². The summed E-state index contributed by atoms with van der Waals surface area (Å²) in [7, 11) is 1.68. The van der Waals surface area contributed by atoms with Crippen LogP contribution in [0.5, 0.6) is 5.75 Å². The highest BCUT2D eigenvalue weighted by molar-refractivity contribution is 5.97. The molecule has 1 saturated heterocycles. The van der Waals surface area contributed by atoms with Gasteiger partial charge in [-0.25, -0.2) is 0 Å². The van der Waals surface area contributed by atoms with Gasteiger partial charge in [-0.2, -0.15) is 0 Å². The predicted molar refractivity (Wildman–Crippen MR) is 114 cm³/mol. The molecule has 1 aliphatic rings. The van der Waals surface area contributed by atoms with Crippen LogP contribution in [0.15, 0.2) is 48.5 Å². The molecule has 0 saturated carbocycles. The minimum absolute atomic E-state index is 0.0561. The fraction of sp³-hybridized carbons (Fsp3) is 0.391. The lowest BCUT2D eigenvalue weighted by molar-refractivity contribution is -0.115. The molecule has 2 aromatic rings. The van der Waals surface area contributed by atoms with E-state index in [9.17, 15) is 9.59 Å². The van der Waals surface area contributed by atoms with Gasteiger partial charge in [0.25, 0.3) is 5.91 Å². The number of likely N-dealkylation sites (tertiary alicyclic amines) is 1. The van der Waals surface area contributed by atoms with Gasteiger partial charge in [0.2, 0.25) is 5.91 Å². The number of para-hydroxylation sites is 1. The third-order valence-corrected chi connectivity index (χ3v) is 5.26. The van der Waals surface area contributed by atoms with Gasteiger partial charge >= 0.3 is 0 Å². The third-order valence-electron chi connectivity index (χ3n) is 5.26. The lowest BCUT2D eigenvalue weighted by atomic mass is 10.0. The summed E-state index contributed by atoms with van der Waals surface area (Å²) >= 11 is 0. The zero-order valence-electron chi connectivity index (χ0n) is 17.1. The van der Waals surface area contributed by atoms with Crippen LogP contribution in [0.25, 0.3) is 0 Å². The van der Waals surface area contributed by atoms with Crippen LogP contribution < -0.4 is 15.4 Å². The van der Waals surface area contributed by atoms with Gasteiger partial charge in [0.15, 0.2) is 0 Å². The number of nitrogens with one attached hydrogen (secondary N) is 2. The third kappa shape index (κ3) is 5.35. The number of carbonyl (C=O) groups excluding carboxylic acids is 2. The second-order valence-corrected chi connectivity index (χ2v) is 7.19. The summed E-state index contributed by atoms with van der Waals surface area (Å²) in [5.41, 5.74) is 2.24. The molecular formula is C23H29N3O3. The molecule has 3 rings (SSSR count). The van der Waals surface area contributed by atoms with E-state index in [2.05, 4.69) is 21.6 Å². The minimum Gasteiger partial charge on any atom is -0.496 e. The molecule has 1 aliphatic heterocycles. The van der Waals surface area contributed by atoms with Crippen molar-refractivity contribution in [3.05, 3.63) is 59.7 Å². The lowest BCUT2D eigenvalue weighted by Gasteiger charge is -2.29. The number of nitrogens with zero attached hydrogens (tertiary/aromatic N) is 1. The maximum atomic E-state index is 12.8. The van der Waals surface area contributed by atoms with Crippen LogP contribution in [0.2, 0.25) is 0 Å². The Labute approximate surface area is 172 Å². The van der Waals surface area contributed by atoms with Crippen molar-refractivity contribution in [3.8, 4) is 5.75 Å². The first-order chi connectivity index (χ1) is 14.1. The fourth-order valence-electron chi connectivity index (χ4n) is 3.71. The lowest BCUT2D eigenvalue weighted by Crippen LogP contribution is -2.37. The summed E-state index contributed by atoms with van der Waals surface area (Å²) < 4.78 is 5.56. The first-order valence-electron chi connectivity index (χ1n) is 10.2. The van der Waals surface area contributed by atoms with Crippen molar-refractivity contribution in [2.75, 3.05) is 32.1 Å². The summed E-state index contributed by atoms with van der Waals surface area (Å²) in [6.07, 6.45) is 2.73. The molecule has 2 N–H and O–H groups in total. The highest BCUT2D eigenvalue weighted by Gasteiger charge is 2.26. The quantitative estimate of drug-likeness (QED) is 0.716. The summed E-state index contributed by atoms with van der Waals surface area (Å²) in [6.45, 7) is 4.31. The molecule has 154 valence electrons. The highest BCUT2D eigenvalue weighted by atomic mass is 16.5. The van der Waals surface area contributed by atoms with Gasteiger partial charge in [-0.1, -0.05) is 31.2 Å². The molecule has 2 aromatic carbocycles. The molecule has 0 aromatic heterocycles. The summed E-state index contributed by atoms with van der Waals surface area (Å²) in [6, 6.07) is 15.1. The van der Waals surface area contributed by atoms with Crippen LogP contribution in [0.3, 0.4) is 0 Å². The molecule has 0 spiro atoms. The smallest absolute Gasteiger partial charge is 0.251 e. The monoisotopic (exact) mass is 395 g/mol. The Morgan fingerprint density at radius 1 is 1.10 bits per heavy atom. The van der Waals surface area contributed by atoms with Gasteiger partial charge in [-0.3, -0.25) is 14.5 Å². The maximum absolute atomic E-state index is 12.8. The van der Waals surface area contributed by atoms with Gasteiger partial charge < -0.3 is 15.4 Å². The molecule has 6 nitrogen and oxygen atoms in total. The molecule has 1 fully saturated rings. The van der Waals surface area contributed by atoms with Crippen molar-refractivity contribution in [1.29, 1.82) is 0 Å². The Balaban J connectivity index is 1.73. The van der Waals surface area contributed by atoms with Crippen molar-refractivity contribution in [1.82, 2.24) is 10.2 Å². The normalized spacial score (nSPS) is 15.0. The molecular weight excluding hydrogens is 366 g/mol. The zero-order chi connectivity index (χ0) is 20.6. The van der Waals surface area contributed by atoms with Gasteiger partial charge in [-0.05, 0) is 50.2 Å². The molecule has 1 atom stereocenters. The van der Waals surface area contributed by atoms with E-state index in [4.69, 9.17) is 4.74 Å². The fourth-order valence-corrected chi connectivity index (χ4v) is 3.71. The second-order valence-electron chi connectivity index (χ2n) is 7.19. The van der Waals surface area contributed by atoms with Crippen molar-refractivity contribution < 1.29 is 14.3 Å². The number of benzene rings is 2. The van der Waals surface area contributed by atoms with Crippen LogP contribution in [-0.4, -0.2) is 43.5 Å². The van der Waals surface area contributed by atoms with E-state index < -0.39 is 0 Å². The van der Waals surface area contributed by atoms with Crippen molar-refractivity contribution in [3.63, 3.8) is 0 Å². The number of methoxy groups -OCH3 is 1. The maximum Gasteiger partial charge on any atom is 0.251 e. The Hall–Kier alpha value is -2.86. The van der Waals surface area contributed by atoms with Crippen LogP contribution >= 0.6 is 0 Å². The molecule has 0 bridgehead atoms. The average molecular weight is 396 g/mol. The Kier molecular flexibility index (Phi) is 7.25. The average Bonchev–Trinajstić information content (AvgIpc) is 3.28. The van der Waals surface area contributed by atoms with Gasteiger partial charge in [-0.15, -0.1) is 0 Å². The first-order valence-corrected chi connectivity index (χ1v) is 10.2. The Morgan fingerprint density at radius 2 is 1.86 bits per heavy atom. The van der Waals surface area contributed by atoms with E-state index in [1.54, 1.807) is 38.3 Å². The summed E-state index contributed by atoms with van der Waals surface area (Å²) in [5.74, 6) is 0.604. The van der Waals surface area contributed by atoms with Gasteiger partial charge in [0, 0.05) is 29.8 Å². The molecule has 0 radical (unpaired) electrons. The van der Waals surface area contributed by atoms with E-state index in [-0.39, 0.29) is 17.9 Å². The van der Waals surface area contributed by atoms with E-state index in [0.29, 0.717) is 24.2 Å². The first kappa shape index (κ1) is 20.9. The van der Waals surface area contributed by atoms with E-state index in [1.807, 2.05) is 18.2 Å². The number of ether oxygens (including phenoxy) is 1. The van der Waals surface area contributed by atoms with Crippen molar-refractivity contribution >= 4 is 17.5 Å². The Bertz CT molecular complexity index is 847. The summed E-state index contributed by atoms with van der Waals surface area (Å²) in [5, 5.41) is 5.87. The molecule has 29 heavy (non-hydrogen) atoms. The SMILES string of the molecule is CCC(=O)Nc1cccc(C(=O)NCC(c2ccccc2OC)N2CCCC2)c1. The molecule has 1 heterocycles. The largest absolute Gasteiger partial charge is 0.496 e. The van der Waals surface area contributed by atoms with Gasteiger partial charge in [0.1, 0.15) is 5.75 Å². The number of hydrogen-bond acceptors (Lipinski definition) is 4. The highest BCUT2D eigenvalue weighted by Crippen LogP contribution is 2.31. The predicted octanol–water partition coefficient (Wildman–Crippen LogP) is 3.61. The molecule has 0 aliphatic carbocycles.